The van der Waals surface area contributed by atoms with E-state index >= 15 is 0 Å². The Morgan fingerprint density at radius 2 is 2.06 bits per heavy atom. The number of benzene rings is 1. The number of carboxylic acids is 1. The highest BCUT2D eigenvalue weighted by atomic mass is 16.4. The first-order chi connectivity index (χ1) is 8.18. The molecule has 90 valence electrons. The third-order valence-electron chi connectivity index (χ3n) is 2.79. The molecule has 1 aromatic carbocycles. The minimum atomic E-state index is -0.941. The summed E-state index contributed by atoms with van der Waals surface area (Å²) in [4.78, 5) is 24.3. The van der Waals surface area contributed by atoms with Crippen molar-refractivity contribution < 1.29 is 14.7 Å². The highest BCUT2D eigenvalue weighted by Crippen LogP contribution is 2.21. The van der Waals surface area contributed by atoms with Gasteiger partial charge >= 0.3 is 5.97 Å². The Balaban J connectivity index is 2.26. The van der Waals surface area contributed by atoms with Gasteiger partial charge in [0, 0.05) is 26.1 Å². The Labute approximate surface area is 99.0 Å². The molecule has 1 aliphatic heterocycles. The van der Waals surface area contributed by atoms with Gasteiger partial charge < -0.3 is 15.3 Å². The zero-order chi connectivity index (χ0) is 12.3. The Morgan fingerprint density at radius 3 is 2.82 bits per heavy atom. The lowest BCUT2D eigenvalue weighted by atomic mass is 10.1. The fraction of sp³-hybridized carbons (Fsp3) is 0.333. The average molecular weight is 234 g/mol. The van der Waals surface area contributed by atoms with Crippen LogP contribution in [0.2, 0.25) is 0 Å². The van der Waals surface area contributed by atoms with Gasteiger partial charge in [-0.05, 0) is 12.1 Å². The van der Waals surface area contributed by atoms with Crippen molar-refractivity contribution in [1.29, 1.82) is 0 Å². The SMILES string of the molecule is O=C1CCN(c2ccccc2C(=O)O)CCN1. The van der Waals surface area contributed by atoms with Gasteiger partial charge in [0.05, 0.1) is 11.3 Å². The summed E-state index contributed by atoms with van der Waals surface area (Å²) in [5.74, 6) is -0.926. The standard InChI is InChI=1S/C12H14N2O3/c15-11-5-7-14(8-6-13-11)10-4-2-1-3-9(10)12(16)17/h1-4H,5-8H2,(H,13,15)(H,16,17). The summed E-state index contributed by atoms with van der Waals surface area (Å²) < 4.78 is 0. The molecule has 5 nitrogen and oxygen atoms in total. The fourth-order valence-corrected chi connectivity index (χ4v) is 1.94. The van der Waals surface area contributed by atoms with Crippen molar-refractivity contribution in [3.63, 3.8) is 0 Å². The maximum atomic E-state index is 11.2. The number of carbonyl (C=O) groups is 2. The van der Waals surface area contributed by atoms with Crippen LogP contribution in [0.3, 0.4) is 0 Å². The van der Waals surface area contributed by atoms with Gasteiger partial charge in [-0.25, -0.2) is 4.79 Å². The number of para-hydroxylation sites is 1. The van der Waals surface area contributed by atoms with Crippen molar-refractivity contribution in [3.8, 4) is 0 Å². The Kier molecular flexibility index (Phi) is 3.27. The van der Waals surface area contributed by atoms with Gasteiger partial charge in [0.15, 0.2) is 0 Å². The number of amides is 1. The molecule has 0 bridgehead atoms. The number of aromatic carboxylic acids is 1. The van der Waals surface area contributed by atoms with Gasteiger partial charge in [0.1, 0.15) is 0 Å². The van der Waals surface area contributed by atoms with E-state index in [1.165, 1.54) is 0 Å². The molecule has 1 fully saturated rings. The number of carboxylic acid groups (broad SMARTS) is 1. The van der Waals surface area contributed by atoms with Crippen LogP contribution in [-0.2, 0) is 4.79 Å². The van der Waals surface area contributed by atoms with E-state index in [1.54, 1.807) is 18.2 Å². The Hall–Kier alpha value is -2.04. The van der Waals surface area contributed by atoms with Gasteiger partial charge in [0.2, 0.25) is 5.91 Å². The summed E-state index contributed by atoms with van der Waals surface area (Å²) in [6.45, 7) is 1.74. The number of nitrogens with one attached hydrogen (secondary N) is 1. The molecule has 1 aromatic rings. The van der Waals surface area contributed by atoms with Crippen molar-refractivity contribution in [3.05, 3.63) is 29.8 Å². The molecule has 0 aliphatic carbocycles. The zero-order valence-electron chi connectivity index (χ0n) is 9.35. The van der Waals surface area contributed by atoms with Gasteiger partial charge in [0.25, 0.3) is 0 Å². The van der Waals surface area contributed by atoms with Crippen molar-refractivity contribution in [2.45, 2.75) is 6.42 Å². The molecule has 1 aliphatic rings. The molecule has 0 radical (unpaired) electrons. The summed E-state index contributed by atoms with van der Waals surface area (Å²) >= 11 is 0. The first-order valence-corrected chi connectivity index (χ1v) is 5.52. The molecule has 5 heteroatoms. The second-order valence-corrected chi connectivity index (χ2v) is 3.91. The Bertz CT molecular complexity index is 445. The normalized spacial score (nSPS) is 16.2. The van der Waals surface area contributed by atoms with Crippen LogP contribution in [0.5, 0.6) is 0 Å². The molecule has 0 saturated carbocycles. The predicted octanol–water partition coefficient (Wildman–Crippen LogP) is 0.711. The van der Waals surface area contributed by atoms with E-state index in [0.717, 1.165) is 0 Å². The van der Waals surface area contributed by atoms with E-state index in [4.69, 9.17) is 5.11 Å². The summed E-state index contributed by atoms with van der Waals surface area (Å²) in [6, 6.07) is 6.87. The highest BCUT2D eigenvalue weighted by molar-refractivity contribution is 5.94. The molecule has 0 unspecified atom stereocenters. The lowest BCUT2D eigenvalue weighted by Crippen LogP contribution is -2.29. The molecule has 1 heterocycles. The van der Waals surface area contributed by atoms with Crippen molar-refractivity contribution >= 4 is 17.6 Å². The molecule has 1 amide bonds. The van der Waals surface area contributed by atoms with Crippen LogP contribution in [0.1, 0.15) is 16.8 Å². The highest BCUT2D eigenvalue weighted by Gasteiger charge is 2.18. The topological polar surface area (TPSA) is 69.6 Å². The number of nitrogens with zero attached hydrogens (tertiary/aromatic N) is 1. The maximum Gasteiger partial charge on any atom is 0.337 e. The van der Waals surface area contributed by atoms with Crippen LogP contribution in [0.15, 0.2) is 24.3 Å². The van der Waals surface area contributed by atoms with Gasteiger partial charge in [-0.3, -0.25) is 4.79 Å². The summed E-state index contributed by atoms with van der Waals surface area (Å²) in [6.07, 6.45) is 0.397. The zero-order valence-corrected chi connectivity index (χ0v) is 9.35. The number of carbonyl (C=O) groups excluding carboxylic acids is 1. The first kappa shape index (κ1) is 11.4. The second kappa shape index (κ2) is 4.86. The quantitative estimate of drug-likeness (QED) is 0.790. The molecule has 0 spiro atoms. The molecule has 2 N–H and O–H groups in total. The Morgan fingerprint density at radius 1 is 1.29 bits per heavy atom. The first-order valence-electron chi connectivity index (χ1n) is 5.52. The monoisotopic (exact) mass is 234 g/mol. The van der Waals surface area contributed by atoms with Crippen molar-refractivity contribution in [2.75, 3.05) is 24.5 Å². The third-order valence-corrected chi connectivity index (χ3v) is 2.79. The molecule has 1 saturated heterocycles. The lowest BCUT2D eigenvalue weighted by Gasteiger charge is -2.23. The molecule has 2 rings (SSSR count). The lowest BCUT2D eigenvalue weighted by molar-refractivity contribution is -0.120. The fourth-order valence-electron chi connectivity index (χ4n) is 1.94. The third kappa shape index (κ3) is 2.55. The molecule has 0 aromatic heterocycles. The summed E-state index contributed by atoms with van der Waals surface area (Å²) in [7, 11) is 0. The van der Waals surface area contributed by atoms with Crippen LogP contribution >= 0.6 is 0 Å². The van der Waals surface area contributed by atoms with E-state index in [1.807, 2.05) is 11.0 Å². The van der Waals surface area contributed by atoms with Crippen molar-refractivity contribution in [2.24, 2.45) is 0 Å². The van der Waals surface area contributed by atoms with E-state index in [-0.39, 0.29) is 11.5 Å². The van der Waals surface area contributed by atoms with Crippen molar-refractivity contribution in [1.82, 2.24) is 5.32 Å². The average Bonchev–Trinajstić information content (AvgIpc) is 2.54. The number of rotatable bonds is 2. The minimum Gasteiger partial charge on any atom is -0.478 e. The van der Waals surface area contributed by atoms with Crippen LogP contribution in [-0.4, -0.2) is 36.6 Å². The largest absolute Gasteiger partial charge is 0.478 e. The maximum absolute atomic E-state index is 11.2. The van der Waals surface area contributed by atoms with E-state index < -0.39 is 5.97 Å². The molecular formula is C12H14N2O3. The van der Waals surface area contributed by atoms with E-state index in [2.05, 4.69) is 5.32 Å². The van der Waals surface area contributed by atoms with E-state index in [9.17, 15) is 9.59 Å². The van der Waals surface area contributed by atoms with Gasteiger partial charge in [-0.2, -0.15) is 0 Å². The van der Waals surface area contributed by atoms with Gasteiger partial charge in [-0.15, -0.1) is 0 Å². The number of hydrogen-bond acceptors (Lipinski definition) is 3. The molecule has 17 heavy (non-hydrogen) atoms. The van der Waals surface area contributed by atoms with Crippen LogP contribution in [0.25, 0.3) is 0 Å². The van der Waals surface area contributed by atoms with Crippen LogP contribution in [0, 0.1) is 0 Å². The molecular weight excluding hydrogens is 220 g/mol. The van der Waals surface area contributed by atoms with E-state index in [0.29, 0.717) is 31.7 Å². The summed E-state index contributed by atoms with van der Waals surface area (Å²) in [5, 5.41) is 11.9. The number of hydrogen-bond donors (Lipinski definition) is 2. The predicted molar refractivity (Wildman–Crippen MR) is 63.2 cm³/mol. The van der Waals surface area contributed by atoms with Gasteiger partial charge in [-0.1, -0.05) is 12.1 Å². The molecule has 0 atom stereocenters. The smallest absolute Gasteiger partial charge is 0.337 e. The summed E-state index contributed by atoms with van der Waals surface area (Å²) in [5.41, 5.74) is 0.957. The van der Waals surface area contributed by atoms with Crippen LogP contribution in [0.4, 0.5) is 5.69 Å². The second-order valence-electron chi connectivity index (χ2n) is 3.91. The number of anilines is 1. The minimum absolute atomic E-state index is 0.0142. The van der Waals surface area contributed by atoms with Crippen LogP contribution < -0.4 is 10.2 Å².